The summed E-state index contributed by atoms with van der Waals surface area (Å²) in [5.41, 5.74) is 0. The van der Waals surface area contributed by atoms with Gasteiger partial charge in [-0.1, -0.05) is 6.92 Å². The second-order valence-electron chi connectivity index (χ2n) is 4.98. The molecule has 0 amide bonds. The molecule has 2 rings (SSSR count). The molecule has 120 valence electrons. The van der Waals surface area contributed by atoms with Crippen LogP contribution in [0.25, 0.3) is 0 Å². The van der Waals surface area contributed by atoms with Crippen molar-refractivity contribution in [1.29, 1.82) is 0 Å². The van der Waals surface area contributed by atoms with E-state index in [2.05, 4.69) is 21.9 Å². The maximum absolute atomic E-state index is 12.4. The molecule has 0 spiro atoms. The lowest BCUT2D eigenvalue weighted by Crippen LogP contribution is -2.47. The number of nitrogens with one attached hydrogen (secondary N) is 2. The number of sulfonamides is 1. The number of likely N-dealkylation sites (N-methyl/N-ethyl adjacent to an activating group) is 1. The summed E-state index contributed by atoms with van der Waals surface area (Å²) >= 11 is 1.45. The SMILES string of the molecule is CCN1CCOC(CNS(=O)(=O)c2ccsc2CNC)C1. The highest BCUT2D eigenvalue weighted by atomic mass is 32.2. The van der Waals surface area contributed by atoms with Crippen molar-refractivity contribution in [3.63, 3.8) is 0 Å². The van der Waals surface area contributed by atoms with Gasteiger partial charge in [0.25, 0.3) is 0 Å². The Hall–Kier alpha value is -0.510. The summed E-state index contributed by atoms with van der Waals surface area (Å²) in [7, 11) is -1.67. The Bertz CT molecular complexity index is 545. The molecule has 6 nitrogen and oxygen atoms in total. The molecule has 2 N–H and O–H groups in total. The number of hydrogen-bond donors (Lipinski definition) is 2. The van der Waals surface area contributed by atoms with Crippen molar-refractivity contribution in [2.24, 2.45) is 0 Å². The van der Waals surface area contributed by atoms with Gasteiger partial charge < -0.3 is 10.1 Å². The number of nitrogens with zero attached hydrogens (tertiary/aromatic N) is 1. The third kappa shape index (κ3) is 4.48. The molecule has 1 unspecified atom stereocenters. The van der Waals surface area contributed by atoms with Crippen molar-refractivity contribution in [2.75, 3.05) is 39.8 Å². The zero-order valence-corrected chi connectivity index (χ0v) is 14.1. The average Bonchev–Trinajstić information content (AvgIpc) is 2.95. The van der Waals surface area contributed by atoms with Crippen LogP contribution in [0.3, 0.4) is 0 Å². The number of ether oxygens (including phenoxy) is 1. The summed E-state index contributed by atoms with van der Waals surface area (Å²) in [4.78, 5) is 3.45. The average molecular weight is 333 g/mol. The molecule has 0 aromatic carbocycles. The van der Waals surface area contributed by atoms with Crippen molar-refractivity contribution >= 4 is 21.4 Å². The molecule has 1 saturated heterocycles. The second kappa shape index (κ2) is 7.66. The molecular weight excluding hydrogens is 310 g/mol. The highest BCUT2D eigenvalue weighted by Crippen LogP contribution is 2.21. The maximum Gasteiger partial charge on any atom is 0.241 e. The molecule has 1 aromatic rings. The molecule has 1 atom stereocenters. The van der Waals surface area contributed by atoms with E-state index >= 15 is 0 Å². The largest absolute Gasteiger partial charge is 0.374 e. The van der Waals surface area contributed by atoms with Gasteiger partial charge in [-0.15, -0.1) is 11.3 Å². The highest BCUT2D eigenvalue weighted by molar-refractivity contribution is 7.89. The van der Waals surface area contributed by atoms with E-state index in [1.54, 1.807) is 18.5 Å². The Morgan fingerprint density at radius 3 is 3.05 bits per heavy atom. The quantitative estimate of drug-likeness (QED) is 0.759. The van der Waals surface area contributed by atoms with Crippen LogP contribution >= 0.6 is 11.3 Å². The van der Waals surface area contributed by atoms with Crippen LogP contribution in [0.4, 0.5) is 0 Å². The lowest BCUT2D eigenvalue weighted by Gasteiger charge is -2.32. The van der Waals surface area contributed by atoms with Gasteiger partial charge in [-0.3, -0.25) is 4.90 Å². The van der Waals surface area contributed by atoms with Crippen LogP contribution in [0.1, 0.15) is 11.8 Å². The zero-order chi connectivity index (χ0) is 15.3. The Labute approximate surface area is 130 Å². The van der Waals surface area contributed by atoms with Crippen LogP contribution < -0.4 is 10.0 Å². The Morgan fingerprint density at radius 2 is 2.33 bits per heavy atom. The topological polar surface area (TPSA) is 70.7 Å². The van der Waals surface area contributed by atoms with Crippen molar-refractivity contribution in [1.82, 2.24) is 14.9 Å². The molecule has 0 radical (unpaired) electrons. The molecule has 0 aliphatic carbocycles. The number of rotatable bonds is 7. The first kappa shape index (κ1) is 16.9. The number of hydrogen-bond acceptors (Lipinski definition) is 6. The van der Waals surface area contributed by atoms with Crippen LogP contribution in [0.5, 0.6) is 0 Å². The van der Waals surface area contributed by atoms with Gasteiger partial charge in [0.1, 0.15) is 0 Å². The standard InChI is InChI=1S/C13H23N3O3S2/c1-3-16-5-6-19-11(10-16)8-15-21(17,18)13-4-7-20-12(13)9-14-2/h4,7,11,14-15H,3,5-6,8-10H2,1-2H3. The Morgan fingerprint density at radius 1 is 1.52 bits per heavy atom. The van der Waals surface area contributed by atoms with E-state index in [1.807, 2.05) is 0 Å². The van der Waals surface area contributed by atoms with E-state index in [4.69, 9.17) is 4.74 Å². The van der Waals surface area contributed by atoms with Gasteiger partial charge in [-0.25, -0.2) is 13.1 Å². The number of thiophene rings is 1. The minimum absolute atomic E-state index is 0.0835. The molecule has 1 fully saturated rings. The van der Waals surface area contributed by atoms with Gasteiger partial charge >= 0.3 is 0 Å². The third-order valence-electron chi connectivity index (χ3n) is 3.50. The lowest BCUT2D eigenvalue weighted by molar-refractivity contribution is -0.0229. The highest BCUT2D eigenvalue weighted by Gasteiger charge is 2.24. The van der Waals surface area contributed by atoms with Crippen molar-refractivity contribution < 1.29 is 13.2 Å². The van der Waals surface area contributed by atoms with Crippen molar-refractivity contribution in [3.8, 4) is 0 Å². The summed E-state index contributed by atoms with van der Waals surface area (Å²) in [6.07, 6.45) is -0.0835. The lowest BCUT2D eigenvalue weighted by atomic mass is 10.3. The third-order valence-corrected chi connectivity index (χ3v) is 6.06. The Balaban J connectivity index is 1.96. The van der Waals surface area contributed by atoms with E-state index in [0.717, 1.165) is 24.5 Å². The van der Waals surface area contributed by atoms with Crippen LogP contribution in [0, 0.1) is 0 Å². The van der Waals surface area contributed by atoms with Crippen LogP contribution in [0.15, 0.2) is 16.3 Å². The summed E-state index contributed by atoms with van der Waals surface area (Å²) in [5, 5.41) is 4.79. The molecule has 21 heavy (non-hydrogen) atoms. The first-order valence-electron chi connectivity index (χ1n) is 7.11. The number of morpholine rings is 1. The molecular formula is C13H23N3O3S2. The fourth-order valence-corrected chi connectivity index (χ4v) is 4.85. The molecule has 2 heterocycles. The first-order chi connectivity index (χ1) is 10.1. The molecule has 0 bridgehead atoms. The van der Waals surface area contributed by atoms with E-state index in [0.29, 0.717) is 24.6 Å². The minimum atomic E-state index is -3.47. The van der Waals surface area contributed by atoms with Crippen LogP contribution in [0.2, 0.25) is 0 Å². The fourth-order valence-electron chi connectivity index (χ4n) is 2.33. The Kier molecular flexibility index (Phi) is 6.15. The van der Waals surface area contributed by atoms with Gasteiger partial charge in [0.2, 0.25) is 10.0 Å². The van der Waals surface area contributed by atoms with Gasteiger partial charge in [0.05, 0.1) is 17.6 Å². The summed E-state index contributed by atoms with van der Waals surface area (Å²) in [6, 6.07) is 1.65. The van der Waals surface area contributed by atoms with Crippen molar-refractivity contribution in [3.05, 3.63) is 16.3 Å². The smallest absolute Gasteiger partial charge is 0.241 e. The first-order valence-corrected chi connectivity index (χ1v) is 9.47. The maximum atomic E-state index is 12.4. The van der Waals surface area contributed by atoms with Crippen LogP contribution in [-0.4, -0.2) is 59.3 Å². The fraction of sp³-hybridized carbons (Fsp3) is 0.692. The molecule has 0 saturated carbocycles. The normalized spacial score (nSPS) is 20.8. The molecule has 1 aliphatic heterocycles. The van der Waals surface area contributed by atoms with E-state index in [1.165, 1.54) is 11.3 Å². The minimum Gasteiger partial charge on any atom is -0.374 e. The van der Waals surface area contributed by atoms with E-state index in [9.17, 15) is 8.42 Å². The predicted octanol–water partition coefficient (Wildman–Crippen LogP) is 0.467. The summed E-state index contributed by atoms with van der Waals surface area (Å²) in [5.74, 6) is 0. The molecule has 1 aliphatic rings. The van der Waals surface area contributed by atoms with E-state index in [-0.39, 0.29) is 6.10 Å². The second-order valence-corrected chi connectivity index (χ2v) is 7.71. The monoisotopic (exact) mass is 333 g/mol. The summed E-state index contributed by atoms with van der Waals surface area (Å²) < 4.78 is 33.1. The van der Waals surface area contributed by atoms with Gasteiger partial charge in [-0.05, 0) is 25.0 Å². The summed E-state index contributed by atoms with van der Waals surface area (Å²) in [6.45, 7) is 6.27. The van der Waals surface area contributed by atoms with Gasteiger partial charge in [0.15, 0.2) is 0 Å². The van der Waals surface area contributed by atoms with Gasteiger partial charge in [0, 0.05) is 31.1 Å². The van der Waals surface area contributed by atoms with Crippen LogP contribution in [-0.2, 0) is 21.3 Å². The molecule has 1 aromatic heterocycles. The van der Waals surface area contributed by atoms with Crippen molar-refractivity contribution in [2.45, 2.75) is 24.5 Å². The van der Waals surface area contributed by atoms with Gasteiger partial charge in [-0.2, -0.15) is 0 Å². The zero-order valence-electron chi connectivity index (χ0n) is 12.5. The van der Waals surface area contributed by atoms with E-state index < -0.39 is 10.0 Å². The predicted molar refractivity (Wildman–Crippen MR) is 84.1 cm³/mol. The molecule has 8 heteroatoms.